The molecular weight excluding hydrogens is 152 g/mol. The normalized spacial score (nSPS) is 26.5. The molecule has 1 N–H and O–H groups in total. The molecule has 1 rings (SSSR count). The van der Waals surface area contributed by atoms with Crippen LogP contribution in [-0.2, 0) is 4.74 Å². The van der Waals surface area contributed by atoms with Crippen LogP contribution in [0.2, 0.25) is 0 Å². The van der Waals surface area contributed by atoms with E-state index in [4.69, 9.17) is 4.74 Å². The van der Waals surface area contributed by atoms with Gasteiger partial charge in [0, 0.05) is 12.5 Å². The summed E-state index contributed by atoms with van der Waals surface area (Å²) in [6, 6.07) is 0. The van der Waals surface area contributed by atoms with Crippen LogP contribution in [0.3, 0.4) is 0 Å². The second kappa shape index (κ2) is 4.83. The standard InChI is InChI=1S/C10H20O2/c1-3-8(4-2)10(11)9-5-6-12-7-9/h8-11H,3-7H2,1-2H3. The Bertz CT molecular complexity index is 113. The molecule has 2 nitrogen and oxygen atoms in total. The number of rotatable bonds is 4. The number of aliphatic hydroxyl groups excluding tert-OH is 1. The van der Waals surface area contributed by atoms with Gasteiger partial charge in [-0.3, -0.25) is 0 Å². The van der Waals surface area contributed by atoms with Crippen molar-refractivity contribution in [3.63, 3.8) is 0 Å². The van der Waals surface area contributed by atoms with Gasteiger partial charge in [-0.25, -0.2) is 0 Å². The molecule has 0 aromatic rings. The first-order valence-corrected chi connectivity index (χ1v) is 5.05. The van der Waals surface area contributed by atoms with Crippen LogP contribution in [0.1, 0.15) is 33.1 Å². The molecule has 0 spiro atoms. The average Bonchev–Trinajstić information content (AvgIpc) is 2.58. The third kappa shape index (κ3) is 2.20. The van der Waals surface area contributed by atoms with Gasteiger partial charge in [0.15, 0.2) is 0 Å². The van der Waals surface area contributed by atoms with E-state index >= 15 is 0 Å². The lowest BCUT2D eigenvalue weighted by Crippen LogP contribution is -2.28. The van der Waals surface area contributed by atoms with Gasteiger partial charge in [0.25, 0.3) is 0 Å². The van der Waals surface area contributed by atoms with Gasteiger partial charge in [0.05, 0.1) is 12.7 Å². The highest BCUT2D eigenvalue weighted by Gasteiger charge is 2.28. The second-order valence-electron chi connectivity index (χ2n) is 3.69. The molecule has 1 saturated heterocycles. The fourth-order valence-corrected chi connectivity index (χ4v) is 1.98. The molecule has 2 heteroatoms. The monoisotopic (exact) mass is 172 g/mol. The summed E-state index contributed by atoms with van der Waals surface area (Å²) in [5.41, 5.74) is 0. The minimum absolute atomic E-state index is 0.137. The van der Waals surface area contributed by atoms with Crippen LogP contribution in [0.25, 0.3) is 0 Å². The molecule has 0 aliphatic carbocycles. The van der Waals surface area contributed by atoms with Crippen molar-refractivity contribution >= 4 is 0 Å². The Morgan fingerprint density at radius 3 is 2.50 bits per heavy atom. The third-order valence-electron chi connectivity index (χ3n) is 2.98. The minimum atomic E-state index is -0.137. The fourth-order valence-electron chi connectivity index (χ4n) is 1.98. The van der Waals surface area contributed by atoms with Crippen molar-refractivity contribution in [3.8, 4) is 0 Å². The van der Waals surface area contributed by atoms with E-state index in [9.17, 15) is 5.11 Å². The van der Waals surface area contributed by atoms with Crippen LogP contribution in [0.4, 0.5) is 0 Å². The fraction of sp³-hybridized carbons (Fsp3) is 1.00. The SMILES string of the molecule is CCC(CC)C(O)C1CCOC1. The van der Waals surface area contributed by atoms with Gasteiger partial charge in [0.1, 0.15) is 0 Å². The average molecular weight is 172 g/mol. The van der Waals surface area contributed by atoms with Crippen LogP contribution in [-0.4, -0.2) is 24.4 Å². The number of hydrogen-bond donors (Lipinski definition) is 1. The van der Waals surface area contributed by atoms with Gasteiger partial charge in [-0.05, 0) is 12.3 Å². The van der Waals surface area contributed by atoms with E-state index < -0.39 is 0 Å². The Hall–Kier alpha value is -0.0800. The molecule has 0 aromatic carbocycles. The highest BCUT2D eigenvalue weighted by molar-refractivity contribution is 4.77. The summed E-state index contributed by atoms with van der Waals surface area (Å²) in [5, 5.41) is 9.93. The molecule has 2 unspecified atom stereocenters. The Morgan fingerprint density at radius 2 is 2.08 bits per heavy atom. The zero-order chi connectivity index (χ0) is 8.97. The molecule has 72 valence electrons. The quantitative estimate of drug-likeness (QED) is 0.701. The Balaban J connectivity index is 2.37. The van der Waals surface area contributed by atoms with Crippen LogP contribution < -0.4 is 0 Å². The summed E-state index contributed by atoms with van der Waals surface area (Å²) < 4.78 is 5.26. The van der Waals surface area contributed by atoms with Crippen molar-refractivity contribution in [2.45, 2.75) is 39.2 Å². The van der Waals surface area contributed by atoms with Gasteiger partial charge in [-0.1, -0.05) is 26.7 Å². The zero-order valence-electron chi connectivity index (χ0n) is 8.12. The second-order valence-corrected chi connectivity index (χ2v) is 3.69. The van der Waals surface area contributed by atoms with Crippen LogP contribution in [0.5, 0.6) is 0 Å². The van der Waals surface area contributed by atoms with Crippen molar-refractivity contribution in [2.24, 2.45) is 11.8 Å². The number of aliphatic hydroxyl groups is 1. The first-order chi connectivity index (χ1) is 5.79. The highest BCUT2D eigenvalue weighted by atomic mass is 16.5. The molecule has 1 aliphatic rings. The summed E-state index contributed by atoms with van der Waals surface area (Å²) in [7, 11) is 0. The molecule has 1 fully saturated rings. The molecule has 1 heterocycles. The molecular formula is C10H20O2. The summed E-state index contributed by atoms with van der Waals surface area (Å²) in [6.45, 7) is 5.89. The lowest BCUT2D eigenvalue weighted by atomic mass is 9.87. The van der Waals surface area contributed by atoms with E-state index in [-0.39, 0.29) is 6.10 Å². The van der Waals surface area contributed by atoms with E-state index in [1.807, 2.05) is 0 Å². The Labute approximate surface area is 74.9 Å². The zero-order valence-corrected chi connectivity index (χ0v) is 8.12. The molecule has 12 heavy (non-hydrogen) atoms. The number of ether oxygens (including phenoxy) is 1. The van der Waals surface area contributed by atoms with E-state index in [1.165, 1.54) is 0 Å². The molecule has 1 aliphatic heterocycles. The molecule has 0 bridgehead atoms. The van der Waals surface area contributed by atoms with E-state index in [0.717, 1.165) is 32.5 Å². The maximum Gasteiger partial charge on any atom is 0.0619 e. The first kappa shape index (κ1) is 10.0. The lowest BCUT2D eigenvalue weighted by Gasteiger charge is -2.24. The summed E-state index contributed by atoms with van der Waals surface area (Å²) in [4.78, 5) is 0. The summed E-state index contributed by atoms with van der Waals surface area (Å²) >= 11 is 0. The van der Waals surface area contributed by atoms with Crippen molar-refractivity contribution in [1.82, 2.24) is 0 Å². The summed E-state index contributed by atoms with van der Waals surface area (Å²) in [6.07, 6.45) is 3.06. The van der Waals surface area contributed by atoms with Gasteiger partial charge < -0.3 is 9.84 Å². The molecule has 2 atom stereocenters. The molecule has 0 amide bonds. The van der Waals surface area contributed by atoms with Crippen molar-refractivity contribution in [2.75, 3.05) is 13.2 Å². The van der Waals surface area contributed by atoms with Crippen LogP contribution >= 0.6 is 0 Å². The number of hydrogen-bond acceptors (Lipinski definition) is 2. The van der Waals surface area contributed by atoms with Gasteiger partial charge in [-0.15, -0.1) is 0 Å². The van der Waals surface area contributed by atoms with Crippen molar-refractivity contribution in [1.29, 1.82) is 0 Å². The molecule has 0 radical (unpaired) electrons. The Morgan fingerprint density at radius 1 is 1.42 bits per heavy atom. The predicted octanol–water partition coefficient (Wildman–Crippen LogP) is 1.82. The summed E-state index contributed by atoms with van der Waals surface area (Å²) in [5.74, 6) is 0.867. The highest BCUT2D eigenvalue weighted by Crippen LogP contribution is 2.25. The topological polar surface area (TPSA) is 29.5 Å². The van der Waals surface area contributed by atoms with Gasteiger partial charge in [0.2, 0.25) is 0 Å². The van der Waals surface area contributed by atoms with Crippen LogP contribution in [0.15, 0.2) is 0 Å². The Kier molecular flexibility index (Phi) is 4.02. The largest absolute Gasteiger partial charge is 0.392 e. The molecule has 0 aromatic heterocycles. The maximum absolute atomic E-state index is 9.93. The van der Waals surface area contributed by atoms with Gasteiger partial charge in [-0.2, -0.15) is 0 Å². The van der Waals surface area contributed by atoms with Gasteiger partial charge >= 0.3 is 0 Å². The van der Waals surface area contributed by atoms with E-state index in [1.54, 1.807) is 0 Å². The maximum atomic E-state index is 9.93. The van der Waals surface area contributed by atoms with E-state index in [2.05, 4.69) is 13.8 Å². The first-order valence-electron chi connectivity index (χ1n) is 5.05. The smallest absolute Gasteiger partial charge is 0.0619 e. The lowest BCUT2D eigenvalue weighted by molar-refractivity contribution is 0.0397. The van der Waals surface area contributed by atoms with Crippen LogP contribution in [0, 0.1) is 11.8 Å². The molecule has 0 saturated carbocycles. The minimum Gasteiger partial charge on any atom is -0.392 e. The van der Waals surface area contributed by atoms with Crippen molar-refractivity contribution in [3.05, 3.63) is 0 Å². The third-order valence-corrected chi connectivity index (χ3v) is 2.98. The van der Waals surface area contributed by atoms with E-state index in [0.29, 0.717) is 11.8 Å². The predicted molar refractivity (Wildman–Crippen MR) is 49.0 cm³/mol. The van der Waals surface area contributed by atoms with Crippen molar-refractivity contribution < 1.29 is 9.84 Å².